The normalized spacial score (nSPS) is 15.5. The van der Waals surface area contributed by atoms with E-state index in [0.717, 1.165) is 43.1 Å². The van der Waals surface area contributed by atoms with Crippen molar-refractivity contribution in [1.82, 2.24) is 14.8 Å². The molecule has 0 fully saturated rings. The number of nitrogens with zero attached hydrogens (tertiary/aromatic N) is 2. The Morgan fingerprint density at radius 2 is 1.85 bits per heavy atom. The summed E-state index contributed by atoms with van der Waals surface area (Å²) in [5.41, 5.74) is 7.41. The number of aromatic nitrogens is 1. The molecular weight excluding hydrogens is 418 g/mol. The lowest BCUT2D eigenvalue weighted by Gasteiger charge is -2.26. The summed E-state index contributed by atoms with van der Waals surface area (Å²) < 4.78 is 2.37. The highest BCUT2D eigenvalue weighted by atomic mass is 16.1. The average molecular weight is 458 g/mol. The van der Waals surface area contributed by atoms with E-state index in [1.54, 1.807) is 0 Å². The van der Waals surface area contributed by atoms with E-state index in [1.165, 1.54) is 35.4 Å². The second kappa shape index (κ2) is 11.1. The van der Waals surface area contributed by atoms with Gasteiger partial charge < -0.3 is 9.88 Å². The van der Waals surface area contributed by atoms with Crippen LogP contribution in [0.1, 0.15) is 66.5 Å². The molecule has 1 aromatic heterocycles. The molecule has 34 heavy (non-hydrogen) atoms. The van der Waals surface area contributed by atoms with Gasteiger partial charge in [-0.3, -0.25) is 9.69 Å². The molecule has 0 radical (unpaired) electrons. The van der Waals surface area contributed by atoms with Gasteiger partial charge in [0.05, 0.1) is 0 Å². The summed E-state index contributed by atoms with van der Waals surface area (Å²) in [4.78, 5) is 15.2. The van der Waals surface area contributed by atoms with Gasteiger partial charge in [-0.05, 0) is 93.8 Å². The maximum absolute atomic E-state index is 12.7. The van der Waals surface area contributed by atoms with Gasteiger partial charge in [-0.15, -0.1) is 0 Å². The summed E-state index contributed by atoms with van der Waals surface area (Å²) in [6.45, 7) is 11.6. The fraction of sp³-hybridized carbons (Fsp3) is 0.433. The smallest absolute Gasteiger partial charge is 0.251 e. The highest BCUT2D eigenvalue weighted by Crippen LogP contribution is 2.30. The van der Waals surface area contributed by atoms with Gasteiger partial charge in [-0.1, -0.05) is 37.3 Å². The molecule has 0 bridgehead atoms. The summed E-state index contributed by atoms with van der Waals surface area (Å²) in [6, 6.07) is 21.5. The third-order valence-electron chi connectivity index (χ3n) is 7.07. The minimum atomic E-state index is 0.00536. The molecule has 1 heterocycles. The molecule has 1 aliphatic carbocycles. The van der Waals surface area contributed by atoms with Gasteiger partial charge in [0.15, 0.2) is 0 Å². The van der Waals surface area contributed by atoms with Crippen molar-refractivity contribution < 1.29 is 4.79 Å². The largest absolute Gasteiger partial charge is 0.352 e. The van der Waals surface area contributed by atoms with Crippen LogP contribution in [0.4, 0.5) is 0 Å². The average Bonchev–Trinajstić information content (AvgIpc) is 3.16. The van der Waals surface area contributed by atoms with E-state index in [2.05, 4.69) is 91.0 Å². The quantitative estimate of drug-likeness (QED) is 0.404. The lowest BCUT2D eigenvalue weighted by Crippen LogP contribution is -2.34. The molecule has 0 aliphatic heterocycles. The molecule has 4 rings (SSSR count). The lowest BCUT2D eigenvalue weighted by atomic mass is 9.89. The van der Waals surface area contributed by atoms with Crippen molar-refractivity contribution in [2.45, 2.75) is 66.0 Å². The second-order valence-electron chi connectivity index (χ2n) is 10.1. The molecule has 1 atom stereocenters. The van der Waals surface area contributed by atoms with Crippen molar-refractivity contribution in [3.05, 3.63) is 88.7 Å². The van der Waals surface area contributed by atoms with Gasteiger partial charge in [0.2, 0.25) is 0 Å². The fourth-order valence-corrected chi connectivity index (χ4v) is 5.11. The van der Waals surface area contributed by atoms with Crippen molar-refractivity contribution in [2.75, 3.05) is 13.1 Å². The molecule has 0 saturated carbocycles. The zero-order chi connectivity index (χ0) is 24.1. The Morgan fingerprint density at radius 3 is 2.56 bits per heavy atom. The Kier molecular flexibility index (Phi) is 7.89. The van der Waals surface area contributed by atoms with Crippen LogP contribution in [0, 0.1) is 12.8 Å². The Balaban J connectivity index is 1.31. The summed E-state index contributed by atoms with van der Waals surface area (Å²) in [6.07, 6.45) is 4.48. The summed E-state index contributed by atoms with van der Waals surface area (Å²) in [7, 11) is 0. The topological polar surface area (TPSA) is 37.3 Å². The van der Waals surface area contributed by atoms with Crippen molar-refractivity contribution in [3.8, 4) is 5.69 Å². The first-order valence-electron chi connectivity index (χ1n) is 12.8. The second-order valence-corrected chi connectivity index (χ2v) is 10.1. The zero-order valence-electron chi connectivity index (χ0n) is 21.2. The van der Waals surface area contributed by atoms with Crippen LogP contribution >= 0.6 is 0 Å². The molecule has 1 amide bonds. The molecular formula is C30H39N3O. The van der Waals surface area contributed by atoms with E-state index in [4.69, 9.17) is 0 Å². The molecule has 2 aromatic carbocycles. The minimum absolute atomic E-state index is 0.00536. The first-order chi connectivity index (χ1) is 16.4. The number of carbonyl (C=O) groups excluding carboxylic acids is 1. The standard InChI is InChI=1S/C30H39N3O/c1-22(2)32(21-25-9-6-5-7-10-25)18-8-17-31-30(34)26-12-14-28(15-13-26)33-24(4)20-27-19-23(3)11-16-29(27)33/h5-7,9-10,12-15,20,22-23H,8,11,16-19,21H2,1-4H3,(H,31,34). The Morgan fingerprint density at radius 1 is 1.12 bits per heavy atom. The highest BCUT2D eigenvalue weighted by Gasteiger charge is 2.21. The minimum Gasteiger partial charge on any atom is -0.352 e. The third-order valence-corrected chi connectivity index (χ3v) is 7.07. The van der Waals surface area contributed by atoms with Crippen LogP contribution in [0.25, 0.3) is 5.69 Å². The van der Waals surface area contributed by atoms with Gasteiger partial charge >= 0.3 is 0 Å². The molecule has 0 spiro atoms. The number of hydrogen-bond donors (Lipinski definition) is 1. The van der Waals surface area contributed by atoms with Crippen LogP contribution in [-0.4, -0.2) is 34.5 Å². The van der Waals surface area contributed by atoms with Crippen LogP contribution in [0.5, 0.6) is 0 Å². The number of carbonyl (C=O) groups is 1. The van der Waals surface area contributed by atoms with E-state index in [9.17, 15) is 4.79 Å². The van der Waals surface area contributed by atoms with Crippen LogP contribution in [-0.2, 0) is 19.4 Å². The van der Waals surface area contributed by atoms with Crippen molar-refractivity contribution in [1.29, 1.82) is 0 Å². The Bertz CT molecular complexity index is 1080. The highest BCUT2D eigenvalue weighted by molar-refractivity contribution is 5.94. The fourth-order valence-electron chi connectivity index (χ4n) is 5.11. The SMILES string of the molecule is Cc1cc2c(n1-c1ccc(C(=O)NCCCN(Cc3ccccc3)C(C)C)cc1)CCC(C)C2. The Labute approximate surface area is 205 Å². The van der Waals surface area contributed by atoms with E-state index in [1.807, 2.05) is 12.1 Å². The van der Waals surface area contributed by atoms with E-state index in [-0.39, 0.29) is 5.91 Å². The predicted octanol–water partition coefficient (Wildman–Crippen LogP) is 5.94. The van der Waals surface area contributed by atoms with Crippen molar-refractivity contribution >= 4 is 5.91 Å². The van der Waals surface area contributed by atoms with Crippen LogP contribution in [0.3, 0.4) is 0 Å². The monoisotopic (exact) mass is 457 g/mol. The van der Waals surface area contributed by atoms with Gasteiger partial charge in [-0.2, -0.15) is 0 Å². The number of nitrogens with one attached hydrogen (secondary N) is 1. The van der Waals surface area contributed by atoms with Gasteiger partial charge in [0.25, 0.3) is 5.91 Å². The van der Waals surface area contributed by atoms with Crippen molar-refractivity contribution in [3.63, 3.8) is 0 Å². The van der Waals surface area contributed by atoms with E-state index >= 15 is 0 Å². The van der Waals surface area contributed by atoms with E-state index in [0.29, 0.717) is 12.6 Å². The molecule has 1 aliphatic rings. The molecule has 1 unspecified atom stereocenters. The number of aryl methyl sites for hydroxylation is 1. The molecule has 0 saturated heterocycles. The molecule has 3 aromatic rings. The van der Waals surface area contributed by atoms with E-state index < -0.39 is 0 Å². The summed E-state index contributed by atoms with van der Waals surface area (Å²) >= 11 is 0. The maximum Gasteiger partial charge on any atom is 0.251 e. The number of amides is 1. The first kappa shape index (κ1) is 24.3. The summed E-state index contributed by atoms with van der Waals surface area (Å²) in [5, 5.41) is 3.11. The Hall–Kier alpha value is -2.85. The zero-order valence-corrected chi connectivity index (χ0v) is 21.2. The molecule has 180 valence electrons. The molecule has 1 N–H and O–H groups in total. The molecule has 4 heteroatoms. The van der Waals surface area contributed by atoms with Crippen LogP contribution in [0.15, 0.2) is 60.7 Å². The van der Waals surface area contributed by atoms with Gasteiger partial charge in [-0.25, -0.2) is 0 Å². The van der Waals surface area contributed by atoms with Crippen LogP contribution < -0.4 is 5.32 Å². The number of rotatable bonds is 9. The predicted molar refractivity (Wildman–Crippen MR) is 141 cm³/mol. The number of benzene rings is 2. The van der Waals surface area contributed by atoms with Gasteiger partial charge in [0.1, 0.15) is 0 Å². The van der Waals surface area contributed by atoms with Crippen LogP contribution in [0.2, 0.25) is 0 Å². The summed E-state index contributed by atoms with van der Waals surface area (Å²) in [5.74, 6) is 0.769. The lowest BCUT2D eigenvalue weighted by molar-refractivity contribution is 0.0950. The van der Waals surface area contributed by atoms with Gasteiger partial charge in [0, 0.05) is 48.3 Å². The maximum atomic E-state index is 12.7. The number of fused-ring (bicyclic) bond motifs is 1. The number of hydrogen-bond acceptors (Lipinski definition) is 2. The van der Waals surface area contributed by atoms with Crippen molar-refractivity contribution in [2.24, 2.45) is 5.92 Å². The first-order valence-corrected chi connectivity index (χ1v) is 12.8. The third kappa shape index (κ3) is 5.79. The molecule has 4 nitrogen and oxygen atoms in total.